The summed E-state index contributed by atoms with van der Waals surface area (Å²) in [6, 6.07) is 5.69. The molecule has 0 atom stereocenters. The Kier molecular flexibility index (Phi) is 4.19. The number of carbonyl (C=O) groups excluding carboxylic acids is 1. The number of nitrogens with one attached hydrogen (secondary N) is 1. The lowest BCUT2D eigenvalue weighted by Crippen LogP contribution is -2.25. The Morgan fingerprint density at radius 1 is 1.25 bits per heavy atom. The SMILES string of the molecule is Cc1nc2sc(C)c(C)n2c(=O)c1NC(=O)Cc1ccc(F)cc1. The first-order valence-corrected chi connectivity index (χ1v) is 8.22. The van der Waals surface area contributed by atoms with Crippen molar-refractivity contribution < 1.29 is 9.18 Å². The summed E-state index contributed by atoms with van der Waals surface area (Å²) in [6.07, 6.45) is 0.0590. The minimum Gasteiger partial charge on any atom is -0.320 e. The molecule has 5 nitrogen and oxygen atoms in total. The highest BCUT2D eigenvalue weighted by molar-refractivity contribution is 7.17. The second kappa shape index (κ2) is 6.16. The van der Waals surface area contributed by atoms with Crippen LogP contribution in [0.15, 0.2) is 29.1 Å². The Balaban J connectivity index is 1.92. The number of carbonyl (C=O) groups is 1. The van der Waals surface area contributed by atoms with Crippen LogP contribution in [0.4, 0.5) is 10.1 Å². The quantitative estimate of drug-likeness (QED) is 0.794. The number of halogens is 1. The second-order valence-corrected chi connectivity index (χ2v) is 6.77. The maximum atomic E-state index is 12.9. The Morgan fingerprint density at radius 3 is 2.58 bits per heavy atom. The van der Waals surface area contributed by atoms with Gasteiger partial charge in [-0.05, 0) is 38.5 Å². The average molecular weight is 345 g/mol. The minimum atomic E-state index is -0.355. The number of thiazole rings is 1. The molecule has 124 valence electrons. The van der Waals surface area contributed by atoms with Gasteiger partial charge in [0.25, 0.3) is 5.56 Å². The number of amides is 1. The molecule has 0 aliphatic rings. The van der Waals surface area contributed by atoms with Crippen LogP contribution in [0, 0.1) is 26.6 Å². The molecule has 0 aliphatic heterocycles. The van der Waals surface area contributed by atoms with Gasteiger partial charge in [-0.25, -0.2) is 9.37 Å². The lowest BCUT2D eigenvalue weighted by atomic mass is 10.1. The fraction of sp³-hybridized carbons (Fsp3) is 0.235. The zero-order chi connectivity index (χ0) is 17.4. The van der Waals surface area contributed by atoms with Crippen molar-refractivity contribution in [3.05, 3.63) is 62.3 Å². The Labute approximate surface area is 141 Å². The van der Waals surface area contributed by atoms with Crippen molar-refractivity contribution >= 4 is 27.9 Å². The van der Waals surface area contributed by atoms with E-state index in [1.54, 1.807) is 19.1 Å². The number of fused-ring (bicyclic) bond motifs is 1. The smallest absolute Gasteiger partial charge is 0.282 e. The van der Waals surface area contributed by atoms with Crippen LogP contribution >= 0.6 is 11.3 Å². The molecular weight excluding hydrogens is 329 g/mol. The fourth-order valence-electron chi connectivity index (χ4n) is 2.45. The largest absolute Gasteiger partial charge is 0.320 e. The molecule has 1 amide bonds. The normalized spacial score (nSPS) is 11.0. The summed E-state index contributed by atoms with van der Waals surface area (Å²) in [4.78, 5) is 30.9. The topological polar surface area (TPSA) is 63.5 Å². The van der Waals surface area contributed by atoms with Gasteiger partial charge < -0.3 is 5.32 Å². The molecule has 0 bridgehead atoms. The first-order chi connectivity index (χ1) is 11.4. The summed E-state index contributed by atoms with van der Waals surface area (Å²) in [7, 11) is 0. The van der Waals surface area contributed by atoms with Crippen molar-refractivity contribution in [2.24, 2.45) is 0 Å². The van der Waals surface area contributed by atoms with Crippen LogP contribution in [0.3, 0.4) is 0 Å². The van der Waals surface area contributed by atoms with E-state index in [1.165, 1.54) is 27.9 Å². The van der Waals surface area contributed by atoms with Gasteiger partial charge in [-0.3, -0.25) is 14.0 Å². The van der Waals surface area contributed by atoms with Crippen molar-refractivity contribution in [3.63, 3.8) is 0 Å². The van der Waals surface area contributed by atoms with Gasteiger partial charge in [-0.1, -0.05) is 12.1 Å². The highest BCUT2D eigenvalue weighted by Crippen LogP contribution is 2.21. The maximum absolute atomic E-state index is 12.9. The number of anilines is 1. The van der Waals surface area contributed by atoms with Crippen LogP contribution in [0.1, 0.15) is 21.8 Å². The first-order valence-electron chi connectivity index (χ1n) is 7.40. The van der Waals surface area contributed by atoms with Crippen LogP contribution in [-0.2, 0) is 11.2 Å². The van der Waals surface area contributed by atoms with Gasteiger partial charge in [-0.15, -0.1) is 11.3 Å². The predicted octanol–water partition coefficient (Wildman–Crippen LogP) is 3.00. The zero-order valence-corrected chi connectivity index (χ0v) is 14.3. The molecule has 1 N–H and O–H groups in total. The molecule has 2 heterocycles. The van der Waals surface area contributed by atoms with Crippen molar-refractivity contribution in [1.82, 2.24) is 9.38 Å². The molecule has 1 aromatic carbocycles. The highest BCUT2D eigenvalue weighted by atomic mass is 32.1. The van der Waals surface area contributed by atoms with E-state index in [0.717, 1.165) is 10.6 Å². The van der Waals surface area contributed by atoms with E-state index >= 15 is 0 Å². The molecule has 2 aromatic heterocycles. The minimum absolute atomic E-state index is 0.0590. The van der Waals surface area contributed by atoms with Gasteiger partial charge in [0.1, 0.15) is 11.5 Å². The van der Waals surface area contributed by atoms with Crippen LogP contribution in [-0.4, -0.2) is 15.3 Å². The summed E-state index contributed by atoms with van der Waals surface area (Å²) in [5.41, 5.74) is 1.87. The second-order valence-electron chi connectivity index (χ2n) is 5.59. The zero-order valence-electron chi connectivity index (χ0n) is 13.5. The van der Waals surface area contributed by atoms with E-state index in [2.05, 4.69) is 10.3 Å². The molecule has 0 unspecified atom stereocenters. The van der Waals surface area contributed by atoms with Gasteiger partial charge in [0.2, 0.25) is 5.91 Å². The fourth-order valence-corrected chi connectivity index (χ4v) is 3.46. The summed E-state index contributed by atoms with van der Waals surface area (Å²) in [6.45, 7) is 5.47. The number of hydrogen-bond donors (Lipinski definition) is 1. The van der Waals surface area contributed by atoms with Gasteiger partial charge in [0, 0.05) is 10.6 Å². The molecule has 3 rings (SSSR count). The van der Waals surface area contributed by atoms with Gasteiger partial charge >= 0.3 is 0 Å². The molecule has 0 radical (unpaired) electrons. The number of benzene rings is 1. The van der Waals surface area contributed by atoms with Gasteiger partial charge in [0.15, 0.2) is 4.96 Å². The van der Waals surface area contributed by atoms with E-state index in [4.69, 9.17) is 0 Å². The first kappa shape index (κ1) is 16.3. The van der Waals surface area contributed by atoms with E-state index in [1.807, 2.05) is 13.8 Å². The number of aryl methyl sites for hydroxylation is 3. The molecule has 0 saturated carbocycles. The summed E-state index contributed by atoms with van der Waals surface area (Å²) < 4.78 is 14.4. The monoisotopic (exact) mass is 345 g/mol. The van der Waals surface area contributed by atoms with Crippen molar-refractivity contribution in [2.75, 3.05) is 5.32 Å². The molecule has 0 saturated heterocycles. The predicted molar refractivity (Wildman–Crippen MR) is 92.3 cm³/mol. The Bertz CT molecular complexity index is 990. The van der Waals surface area contributed by atoms with Crippen molar-refractivity contribution in [2.45, 2.75) is 27.2 Å². The number of hydrogen-bond acceptors (Lipinski definition) is 4. The van der Waals surface area contributed by atoms with Crippen LogP contribution in [0.5, 0.6) is 0 Å². The third kappa shape index (κ3) is 2.94. The van der Waals surface area contributed by atoms with E-state index in [0.29, 0.717) is 16.2 Å². The third-order valence-electron chi connectivity index (χ3n) is 3.87. The average Bonchev–Trinajstić information content (AvgIpc) is 2.80. The van der Waals surface area contributed by atoms with Crippen molar-refractivity contribution in [1.29, 1.82) is 0 Å². The van der Waals surface area contributed by atoms with E-state index in [9.17, 15) is 14.0 Å². The number of rotatable bonds is 3. The van der Waals surface area contributed by atoms with Crippen LogP contribution < -0.4 is 10.9 Å². The third-order valence-corrected chi connectivity index (χ3v) is 4.92. The molecule has 0 fully saturated rings. The summed E-state index contributed by atoms with van der Waals surface area (Å²) >= 11 is 1.44. The molecule has 24 heavy (non-hydrogen) atoms. The summed E-state index contributed by atoms with van der Waals surface area (Å²) in [5.74, 6) is -0.695. The molecular formula is C17H16FN3O2S. The molecule has 7 heteroatoms. The van der Waals surface area contributed by atoms with Crippen molar-refractivity contribution in [3.8, 4) is 0 Å². The highest BCUT2D eigenvalue weighted by Gasteiger charge is 2.16. The van der Waals surface area contributed by atoms with Crippen LogP contribution in [0.25, 0.3) is 4.96 Å². The molecule has 3 aromatic rings. The number of aromatic nitrogens is 2. The maximum Gasteiger partial charge on any atom is 0.282 e. The Morgan fingerprint density at radius 2 is 1.92 bits per heavy atom. The lowest BCUT2D eigenvalue weighted by molar-refractivity contribution is -0.115. The van der Waals surface area contributed by atoms with E-state index in [-0.39, 0.29) is 29.4 Å². The summed E-state index contributed by atoms with van der Waals surface area (Å²) in [5, 5.41) is 2.65. The van der Waals surface area contributed by atoms with Gasteiger partial charge in [0.05, 0.1) is 12.1 Å². The standard InChI is InChI=1S/C17H16FN3O2S/c1-9-15(16(23)21-10(2)11(3)24-17(21)19-9)20-14(22)8-12-4-6-13(18)7-5-12/h4-7H,8H2,1-3H3,(H,20,22). The van der Waals surface area contributed by atoms with E-state index < -0.39 is 0 Å². The number of nitrogens with zero attached hydrogens (tertiary/aromatic N) is 2. The Hall–Kier alpha value is -2.54. The molecule has 0 aliphatic carbocycles. The van der Waals surface area contributed by atoms with Crippen LogP contribution in [0.2, 0.25) is 0 Å². The molecule has 0 spiro atoms. The van der Waals surface area contributed by atoms with Gasteiger partial charge in [-0.2, -0.15) is 0 Å². The lowest BCUT2D eigenvalue weighted by Gasteiger charge is -2.08.